The van der Waals surface area contributed by atoms with Crippen LogP contribution in [-0.4, -0.2) is 35.2 Å². The summed E-state index contributed by atoms with van der Waals surface area (Å²) in [7, 11) is 0. The summed E-state index contributed by atoms with van der Waals surface area (Å²) in [6.45, 7) is 3.53. The largest absolute Gasteiger partial charge is 0.481 e. The van der Waals surface area contributed by atoms with Crippen LogP contribution in [0.3, 0.4) is 0 Å². The van der Waals surface area contributed by atoms with Crippen molar-refractivity contribution >= 4 is 17.5 Å². The first-order valence-electron chi connectivity index (χ1n) is 10.6. The Labute approximate surface area is 182 Å². The van der Waals surface area contributed by atoms with Gasteiger partial charge in [0.1, 0.15) is 5.82 Å². The lowest BCUT2D eigenvalue weighted by molar-refractivity contribution is -0.136. The molecular weight excluding hydrogens is 388 g/mol. The molecule has 0 aliphatic carbocycles. The van der Waals surface area contributed by atoms with Crippen LogP contribution in [0.1, 0.15) is 28.3 Å². The van der Waals surface area contributed by atoms with Gasteiger partial charge in [-0.2, -0.15) is 0 Å². The number of nitrogens with zero attached hydrogens (tertiary/aromatic N) is 1. The number of aryl methyl sites for hydroxylation is 1. The van der Waals surface area contributed by atoms with Crippen molar-refractivity contribution in [2.24, 2.45) is 0 Å². The topological polar surface area (TPSA) is 86.3 Å². The maximum atomic E-state index is 11.1. The Bertz CT molecular complexity index is 1040. The molecule has 4 rings (SSSR count). The monoisotopic (exact) mass is 416 g/mol. The molecule has 4 N–H and O–H groups in total. The van der Waals surface area contributed by atoms with Crippen molar-refractivity contribution in [1.29, 1.82) is 0 Å². The van der Waals surface area contributed by atoms with E-state index in [9.17, 15) is 4.79 Å². The number of benzene rings is 2. The summed E-state index contributed by atoms with van der Waals surface area (Å²) in [5.74, 6) is 0.0746. The predicted molar refractivity (Wildman–Crippen MR) is 124 cm³/mol. The summed E-state index contributed by atoms with van der Waals surface area (Å²) >= 11 is 0. The number of pyridine rings is 1. The summed E-state index contributed by atoms with van der Waals surface area (Å²) < 4.78 is 0. The maximum absolute atomic E-state index is 11.1. The second kappa shape index (κ2) is 9.62. The molecule has 0 amide bonds. The average Bonchev–Trinajstić information content (AvgIpc) is 2.79. The summed E-state index contributed by atoms with van der Waals surface area (Å²) in [5, 5.41) is 19.9. The lowest BCUT2D eigenvalue weighted by atomic mass is 9.97. The molecule has 31 heavy (non-hydrogen) atoms. The molecule has 1 aliphatic rings. The van der Waals surface area contributed by atoms with Crippen LogP contribution in [-0.2, 0) is 17.6 Å². The molecule has 2 atom stereocenters. The molecule has 0 saturated heterocycles. The van der Waals surface area contributed by atoms with E-state index in [1.54, 1.807) is 6.20 Å². The average molecular weight is 417 g/mol. The number of aromatic nitrogens is 1. The highest BCUT2D eigenvalue weighted by molar-refractivity contribution is 5.71. The van der Waals surface area contributed by atoms with Gasteiger partial charge in [-0.1, -0.05) is 48.5 Å². The third-order valence-electron chi connectivity index (χ3n) is 5.74. The number of aliphatic carboxylic acids is 1. The number of carboxylic acids is 1. The van der Waals surface area contributed by atoms with Crippen LogP contribution in [0, 0.1) is 6.92 Å². The Morgan fingerprint density at radius 2 is 2.03 bits per heavy atom. The van der Waals surface area contributed by atoms with E-state index >= 15 is 0 Å². The third-order valence-corrected chi connectivity index (χ3v) is 5.74. The number of hydrogen-bond donors (Lipinski definition) is 4. The minimum absolute atomic E-state index is 0.0593. The Balaban J connectivity index is 1.46. The van der Waals surface area contributed by atoms with Crippen LogP contribution < -0.4 is 16.0 Å². The van der Waals surface area contributed by atoms with Crippen molar-refractivity contribution in [2.45, 2.75) is 31.8 Å². The number of carboxylic acid groups (broad SMARTS) is 1. The first-order chi connectivity index (χ1) is 15.1. The highest BCUT2D eigenvalue weighted by Crippen LogP contribution is 2.28. The molecule has 0 unspecified atom stereocenters. The van der Waals surface area contributed by atoms with Gasteiger partial charge in [-0.05, 0) is 54.3 Å². The fraction of sp³-hybridized carbons (Fsp3) is 0.280. The van der Waals surface area contributed by atoms with Gasteiger partial charge in [0, 0.05) is 12.7 Å². The van der Waals surface area contributed by atoms with E-state index in [1.807, 2.05) is 37.3 Å². The Hall–Kier alpha value is -3.38. The lowest BCUT2D eigenvalue weighted by Gasteiger charge is -2.34. The van der Waals surface area contributed by atoms with Gasteiger partial charge in [0.2, 0.25) is 0 Å². The van der Waals surface area contributed by atoms with E-state index in [0.29, 0.717) is 0 Å². The molecule has 6 heteroatoms. The van der Waals surface area contributed by atoms with Gasteiger partial charge in [0.15, 0.2) is 0 Å². The van der Waals surface area contributed by atoms with Crippen LogP contribution in [0.4, 0.5) is 11.5 Å². The number of hydrogen-bond acceptors (Lipinski definition) is 5. The van der Waals surface area contributed by atoms with Crippen molar-refractivity contribution in [3.05, 3.63) is 89.1 Å². The highest BCUT2D eigenvalue weighted by atomic mass is 16.4. The van der Waals surface area contributed by atoms with Crippen molar-refractivity contribution in [1.82, 2.24) is 10.3 Å². The highest BCUT2D eigenvalue weighted by Gasteiger charge is 2.27. The van der Waals surface area contributed by atoms with Gasteiger partial charge in [0.05, 0.1) is 24.2 Å². The summed E-state index contributed by atoms with van der Waals surface area (Å²) in [6, 6.07) is 20.8. The molecule has 1 aromatic heterocycles. The molecule has 1 aliphatic heterocycles. The SMILES string of the molecule is Cc1ccc(CCN[C@H](c2ccccc2)[C@H]2CNc3cccnc3N2)cc1CC(=O)O. The molecule has 160 valence electrons. The van der Waals surface area contributed by atoms with E-state index < -0.39 is 5.97 Å². The standard InChI is InChI=1S/C25H28N4O2/c1-17-9-10-18(14-20(17)15-23(30)31)11-13-26-24(19-6-3-2-4-7-19)22-16-28-21-8-5-12-27-25(21)29-22/h2-10,12,14,22,24,26,28H,11,13,15-16H2,1H3,(H,27,29)(H,30,31)/t22-,24-/m1/s1. The molecular formula is C25H28N4O2. The zero-order chi connectivity index (χ0) is 21.6. The number of carbonyl (C=O) groups is 1. The van der Waals surface area contributed by atoms with E-state index in [4.69, 9.17) is 5.11 Å². The first-order valence-corrected chi connectivity index (χ1v) is 10.6. The van der Waals surface area contributed by atoms with E-state index in [0.717, 1.165) is 47.7 Å². The van der Waals surface area contributed by atoms with E-state index in [1.165, 1.54) is 5.56 Å². The molecule has 0 saturated carbocycles. The summed E-state index contributed by atoms with van der Waals surface area (Å²) in [5.41, 5.74) is 5.28. The van der Waals surface area contributed by atoms with Gasteiger partial charge in [-0.15, -0.1) is 0 Å². The molecule has 2 aromatic carbocycles. The maximum Gasteiger partial charge on any atom is 0.307 e. The number of fused-ring (bicyclic) bond motifs is 1. The molecule has 0 bridgehead atoms. The van der Waals surface area contributed by atoms with Crippen molar-refractivity contribution < 1.29 is 9.90 Å². The zero-order valence-corrected chi connectivity index (χ0v) is 17.6. The third kappa shape index (κ3) is 5.22. The minimum Gasteiger partial charge on any atom is -0.481 e. The van der Waals surface area contributed by atoms with Crippen LogP contribution >= 0.6 is 0 Å². The van der Waals surface area contributed by atoms with Gasteiger partial charge in [-0.25, -0.2) is 4.98 Å². The second-order valence-electron chi connectivity index (χ2n) is 7.96. The van der Waals surface area contributed by atoms with Crippen molar-refractivity contribution in [2.75, 3.05) is 23.7 Å². The first kappa shape index (κ1) is 20.9. The quantitative estimate of drug-likeness (QED) is 0.447. The van der Waals surface area contributed by atoms with Gasteiger partial charge in [-0.3, -0.25) is 4.79 Å². The molecule has 0 radical (unpaired) electrons. The summed E-state index contributed by atoms with van der Waals surface area (Å²) in [4.78, 5) is 15.6. The van der Waals surface area contributed by atoms with Gasteiger partial charge in [0.25, 0.3) is 0 Å². The normalized spacial score (nSPS) is 16.0. The van der Waals surface area contributed by atoms with Gasteiger partial charge < -0.3 is 21.1 Å². The number of rotatable bonds is 8. The minimum atomic E-state index is -0.799. The van der Waals surface area contributed by atoms with Crippen LogP contribution in [0.5, 0.6) is 0 Å². The Kier molecular flexibility index (Phi) is 6.48. The second-order valence-corrected chi connectivity index (χ2v) is 7.96. The predicted octanol–water partition coefficient (Wildman–Crippen LogP) is 3.80. The van der Waals surface area contributed by atoms with Crippen LogP contribution in [0.15, 0.2) is 66.9 Å². The smallest absolute Gasteiger partial charge is 0.307 e. The van der Waals surface area contributed by atoms with Crippen molar-refractivity contribution in [3.8, 4) is 0 Å². The van der Waals surface area contributed by atoms with Crippen molar-refractivity contribution in [3.63, 3.8) is 0 Å². The lowest BCUT2D eigenvalue weighted by Crippen LogP contribution is -2.44. The molecule has 0 spiro atoms. The van der Waals surface area contributed by atoms with Gasteiger partial charge >= 0.3 is 5.97 Å². The summed E-state index contributed by atoms with van der Waals surface area (Å²) in [6.07, 6.45) is 2.68. The Morgan fingerprint density at radius 1 is 1.19 bits per heavy atom. The molecule has 2 heterocycles. The molecule has 6 nitrogen and oxygen atoms in total. The Morgan fingerprint density at radius 3 is 2.84 bits per heavy atom. The number of anilines is 2. The number of nitrogens with one attached hydrogen (secondary N) is 3. The van der Waals surface area contributed by atoms with E-state index in [2.05, 4.69) is 51.3 Å². The van der Waals surface area contributed by atoms with E-state index in [-0.39, 0.29) is 18.5 Å². The zero-order valence-electron chi connectivity index (χ0n) is 17.6. The fourth-order valence-corrected chi connectivity index (χ4v) is 4.07. The molecule has 0 fully saturated rings. The van der Waals surface area contributed by atoms with Crippen LogP contribution in [0.25, 0.3) is 0 Å². The van der Waals surface area contributed by atoms with Crippen LogP contribution in [0.2, 0.25) is 0 Å². The fourth-order valence-electron chi connectivity index (χ4n) is 4.07. The molecule has 3 aromatic rings.